The highest BCUT2D eigenvalue weighted by molar-refractivity contribution is 14.1. The van der Waals surface area contributed by atoms with E-state index in [0.29, 0.717) is 20.6 Å². The van der Waals surface area contributed by atoms with Gasteiger partial charge in [-0.25, -0.2) is 9.37 Å². The molecule has 1 N–H and O–H groups in total. The summed E-state index contributed by atoms with van der Waals surface area (Å²) in [6, 6.07) is 9.68. The minimum atomic E-state index is -0.317. The van der Waals surface area contributed by atoms with Crippen LogP contribution >= 0.6 is 34.2 Å². The number of nitrogens with zero attached hydrogens (tertiary/aromatic N) is 2. The number of pyridine rings is 1. The van der Waals surface area contributed by atoms with E-state index < -0.39 is 0 Å². The largest absolute Gasteiger partial charge is 0.339 e. The van der Waals surface area contributed by atoms with Crippen LogP contribution in [0.5, 0.6) is 0 Å². The van der Waals surface area contributed by atoms with Gasteiger partial charge in [-0.2, -0.15) is 5.26 Å². The van der Waals surface area contributed by atoms with E-state index in [2.05, 4.69) is 10.3 Å². The maximum atomic E-state index is 13.4. The third-order valence-corrected chi connectivity index (χ3v) is 3.43. The Bertz CT molecular complexity index is 640. The molecular formula is C12H6ClFIN3. The molecule has 2 aromatic rings. The molecule has 0 saturated carbocycles. The molecule has 1 aromatic heterocycles. The van der Waals surface area contributed by atoms with E-state index in [1.807, 2.05) is 28.7 Å². The average molecular weight is 374 g/mol. The fraction of sp³-hybridized carbons (Fsp3) is 0. The second kappa shape index (κ2) is 5.50. The SMILES string of the molecule is N#Cc1cc(Cl)nc(Nc2cccc(F)c2I)c1. The summed E-state index contributed by atoms with van der Waals surface area (Å²) < 4.78 is 13.8. The monoisotopic (exact) mass is 373 g/mol. The topological polar surface area (TPSA) is 48.7 Å². The van der Waals surface area contributed by atoms with Gasteiger partial charge in [0.25, 0.3) is 0 Å². The van der Waals surface area contributed by atoms with Gasteiger partial charge in [0.05, 0.1) is 20.9 Å². The van der Waals surface area contributed by atoms with Gasteiger partial charge in [-0.05, 0) is 46.9 Å². The van der Waals surface area contributed by atoms with Crippen molar-refractivity contribution in [3.8, 4) is 6.07 Å². The Morgan fingerprint density at radius 3 is 2.89 bits per heavy atom. The lowest BCUT2D eigenvalue weighted by Crippen LogP contribution is -1.98. The first-order valence-corrected chi connectivity index (χ1v) is 6.34. The molecule has 0 aliphatic rings. The number of hydrogen-bond acceptors (Lipinski definition) is 3. The highest BCUT2D eigenvalue weighted by atomic mass is 127. The standard InChI is InChI=1S/C12H6ClFIN3/c13-10-4-7(6-16)5-11(18-10)17-9-3-1-2-8(14)12(9)15/h1-5H,(H,17,18). The summed E-state index contributed by atoms with van der Waals surface area (Å²) in [5.41, 5.74) is 0.971. The molecule has 2 rings (SSSR count). The maximum Gasteiger partial charge on any atom is 0.138 e. The molecule has 0 radical (unpaired) electrons. The Morgan fingerprint density at radius 1 is 1.39 bits per heavy atom. The van der Waals surface area contributed by atoms with Crippen molar-refractivity contribution in [1.29, 1.82) is 5.26 Å². The zero-order valence-electron chi connectivity index (χ0n) is 8.92. The van der Waals surface area contributed by atoms with E-state index >= 15 is 0 Å². The summed E-state index contributed by atoms with van der Waals surface area (Å²) in [5.74, 6) is 0.0886. The number of halogens is 3. The second-order valence-electron chi connectivity index (χ2n) is 3.40. The van der Waals surface area contributed by atoms with Crippen LogP contribution in [0.15, 0.2) is 30.3 Å². The lowest BCUT2D eigenvalue weighted by molar-refractivity contribution is 0.621. The van der Waals surface area contributed by atoms with Gasteiger partial charge >= 0.3 is 0 Å². The zero-order valence-corrected chi connectivity index (χ0v) is 11.8. The summed E-state index contributed by atoms with van der Waals surface area (Å²) >= 11 is 7.68. The quantitative estimate of drug-likeness (QED) is 0.637. The van der Waals surface area contributed by atoms with Crippen LogP contribution in [-0.2, 0) is 0 Å². The lowest BCUT2D eigenvalue weighted by Gasteiger charge is -2.08. The molecule has 0 fully saturated rings. The summed E-state index contributed by atoms with van der Waals surface area (Å²) in [6.45, 7) is 0. The lowest BCUT2D eigenvalue weighted by atomic mass is 10.2. The number of nitriles is 1. The molecule has 0 spiro atoms. The van der Waals surface area contributed by atoms with Gasteiger partial charge in [0.1, 0.15) is 16.8 Å². The summed E-state index contributed by atoms with van der Waals surface area (Å²) in [4.78, 5) is 4.03. The summed E-state index contributed by atoms with van der Waals surface area (Å²) in [5, 5.41) is 12.0. The van der Waals surface area contributed by atoms with Gasteiger partial charge in [0.2, 0.25) is 0 Å². The molecule has 1 heterocycles. The van der Waals surface area contributed by atoms with Crippen molar-refractivity contribution in [1.82, 2.24) is 4.98 Å². The van der Waals surface area contributed by atoms with Crippen molar-refractivity contribution >= 4 is 45.7 Å². The van der Waals surface area contributed by atoms with Gasteiger partial charge in [-0.1, -0.05) is 17.7 Å². The predicted molar refractivity (Wildman–Crippen MR) is 76.4 cm³/mol. The second-order valence-corrected chi connectivity index (χ2v) is 4.87. The molecule has 0 atom stereocenters. The Hall–Kier alpha value is -1.39. The van der Waals surface area contributed by atoms with Crippen molar-refractivity contribution < 1.29 is 4.39 Å². The van der Waals surface area contributed by atoms with Crippen LogP contribution < -0.4 is 5.32 Å². The van der Waals surface area contributed by atoms with Gasteiger partial charge in [0.15, 0.2) is 0 Å². The molecule has 0 saturated heterocycles. The van der Waals surface area contributed by atoms with E-state index in [1.165, 1.54) is 12.1 Å². The first kappa shape index (κ1) is 13.1. The van der Waals surface area contributed by atoms with E-state index in [0.717, 1.165) is 0 Å². The van der Waals surface area contributed by atoms with Crippen molar-refractivity contribution in [3.05, 3.63) is 50.4 Å². The third kappa shape index (κ3) is 2.89. The van der Waals surface area contributed by atoms with Crippen LogP contribution in [-0.4, -0.2) is 4.98 Å². The molecule has 1 aromatic carbocycles. The minimum absolute atomic E-state index is 0.211. The van der Waals surface area contributed by atoms with E-state index in [-0.39, 0.29) is 11.0 Å². The molecule has 3 nitrogen and oxygen atoms in total. The fourth-order valence-corrected chi connectivity index (χ4v) is 2.07. The molecule has 0 bridgehead atoms. The number of rotatable bonds is 2. The Kier molecular flexibility index (Phi) is 3.99. The number of hydrogen-bond donors (Lipinski definition) is 1. The number of anilines is 2. The Morgan fingerprint density at radius 2 is 2.17 bits per heavy atom. The highest BCUT2D eigenvalue weighted by Gasteiger charge is 2.07. The highest BCUT2D eigenvalue weighted by Crippen LogP contribution is 2.25. The molecule has 0 amide bonds. The van der Waals surface area contributed by atoms with Crippen LogP contribution in [0.4, 0.5) is 15.9 Å². The van der Waals surface area contributed by atoms with Crippen molar-refractivity contribution in [2.75, 3.05) is 5.32 Å². The van der Waals surface area contributed by atoms with Crippen molar-refractivity contribution in [3.63, 3.8) is 0 Å². The van der Waals surface area contributed by atoms with E-state index in [4.69, 9.17) is 16.9 Å². The van der Waals surface area contributed by atoms with Crippen LogP contribution in [0.2, 0.25) is 5.15 Å². The predicted octanol–water partition coefficient (Wildman–Crippen LogP) is 4.09. The normalized spacial score (nSPS) is 9.89. The summed E-state index contributed by atoms with van der Waals surface area (Å²) in [6.07, 6.45) is 0. The van der Waals surface area contributed by atoms with Crippen LogP contribution in [0.25, 0.3) is 0 Å². The first-order chi connectivity index (χ1) is 8.60. The fourth-order valence-electron chi connectivity index (χ4n) is 1.36. The van der Waals surface area contributed by atoms with E-state index in [1.54, 1.807) is 18.2 Å². The minimum Gasteiger partial charge on any atom is -0.339 e. The van der Waals surface area contributed by atoms with E-state index in [9.17, 15) is 4.39 Å². The summed E-state index contributed by atoms with van der Waals surface area (Å²) in [7, 11) is 0. The number of benzene rings is 1. The van der Waals surface area contributed by atoms with Crippen LogP contribution in [0, 0.1) is 20.7 Å². The maximum absolute atomic E-state index is 13.4. The molecule has 0 aliphatic carbocycles. The molecule has 18 heavy (non-hydrogen) atoms. The number of nitrogens with one attached hydrogen (secondary N) is 1. The van der Waals surface area contributed by atoms with Crippen molar-refractivity contribution in [2.45, 2.75) is 0 Å². The Balaban J connectivity index is 2.37. The molecule has 0 aliphatic heterocycles. The Labute approximate surface area is 122 Å². The van der Waals surface area contributed by atoms with Gasteiger partial charge in [-0.3, -0.25) is 0 Å². The van der Waals surface area contributed by atoms with Gasteiger partial charge in [-0.15, -0.1) is 0 Å². The molecule has 90 valence electrons. The van der Waals surface area contributed by atoms with Gasteiger partial charge in [0, 0.05) is 0 Å². The molecule has 6 heteroatoms. The molecular weight excluding hydrogens is 368 g/mol. The first-order valence-electron chi connectivity index (χ1n) is 4.89. The van der Waals surface area contributed by atoms with Crippen LogP contribution in [0.3, 0.4) is 0 Å². The van der Waals surface area contributed by atoms with Gasteiger partial charge < -0.3 is 5.32 Å². The molecule has 0 unspecified atom stereocenters. The van der Waals surface area contributed by atoms with Crippen molar-refractivity contribution in [2.24, 2.45) is 0 Å². The number of aromatic nitrogens is 1. The van der Waals surface area contributed by atoms with Crippen LogP contribution in [0.1, 0.15) is 5.56 Å². The zero-order chi connectivity index (χ0) is 13.1. The third-order valence-electron chi connectivity index (χ3n) is 2.14. The average Bonchev–Trinajstić information content (AvgIpc) is 2.34. The smallest absolute Gasteiger partial charge is 0.138 e.